The molecule has 122 valence electrons. The molecule has 0 spiro atoms. The van der Waals surface area contributed by atoms with Gasteiger partial charge in [0.2, 0.25) is 0 Å². The van der Waals surface area contributed by atoms with Gasteiger partial charge in [0.05, 0.1) is 5.69 Å². The van der Waals surface area contributed by atoms with E-state index in [0.29, 0.717) is 22.9 Å². The Morgan fingerprint density at radius 1 is 1.12 bits per heavy atom. The fourth-order valence-electron chi connectivity index (χ4n) is 2.86. The van der Waals surface area contributed by atoms with E-state index in [1.165, 1.54) is 18.4 Å². The highest BCUT2D eigenvalue weighted by Gasteiger charge is 2.27. The lowest BCUT2D eigenvalue weighted by molar-refractivity contribution is -0.118. The fraction of sp³-hybridized carbons (Fsp3) is 0.263. The lowest BCUT2D eigenvalue weighted by Crippen LogP contribution is -2.46. The van der Waals surface area contributed by atoms with Crippen LogP contribution in [-0.2, 0) is 4.79 Å². The minimum Gasteiger partial charge on any atom is -0.489 e. The predicted molar refractivity (Wildman–Crippen MR) is 90.2 cm³/mol. The quantitative estimate of drug-likeness (QED) is 0.913. The molecule has 0 bridgehead atoms. The maximum Gasteiger partial charge on any atom is 0.252 e. The van der Waals surface area contributed by atoms with E-state index in [9.17, 15) is 9.59 Å². The van der Waals surface area contributed by atoms with Crippen molar-refractivity contribution in [1.82, 2.24) is 5.32 Å². The summed E-state index contributed by atoms with van der Waals surface area (Å²) >= 11 is 0. The van der Waals surface area contributed by atoms with Crippen LogP contribution in [0.15, 0.2) is 48.5 Å². The zero-order chi connectivity index (χ0) is 16.5. The van der Waals surface area contributed by atoms with Crippen LogP contribution in [-0.4, -0.2) is 24.5 Å². The van der Waals surface area contributed by atoms with Gasteiger partial charge in [0, 0.05) is 5.56 Å². The molecule has 1 aliphatic heterocycles. The van der Waals surface area contributed by atoms with Gasteiger partial charge in [-0.25, -0.2) is 0 Å². The summed E-state index contributed by atoms with van der Waals surface area (Å²) in [6, 6.07) is 14.1. The van der Waals surface area contributed by atoms with E-state index in [1.54, 1.807) is 18.2 Å². The first-order valence-electron chi connectivity index (χ1n) is 8.14. The van der Waals surface area contributed by atoms with Gasteiger partial charge in [-0.05, 0) is 48.6 Å². The highest BCUT2D eigenvalue weighted by molar-refractivity contribution is 6.02. The van der Waals surface area contributed by atoms with Gasteiger partial charge in [-0.1, -0.05) is 24.3 Å². The molecule has 1 saturated carbocycles. The van der Waals surface area contributed by atoms with E-state index in [1.807, 2.05) is 30.3 Å². The van der Waals surface area contributed by atoms with E-state index >= 15 is 0 Å². The Hall–Kier alpha value is -2.82. The molecule has 0 saturated heterocycles. The second-order valence-corrected chi connectivity index (χ2v) is 6.22. The van der Waals surface area contributed by atoms with Crippen molar-refractivity contribution >= 4 is 17.5 Å². The number of fused-ring (bicyclic) bond motifs is 1. The summed E-state index contributed by atoms with van der Waals surface area (Å²) in [7, 11) is 0. The number of anilines is 1. The molecule has 0 radical (unpaired) electrons. The molecule has 0 aromatic heterocycles. The summed E-state index contributed by atoms with van der Waals surface area (Å²) in [6.45, 7) is 0.108. The number of benzene rings is 2. The molecular weight excluding hydrogens is 304 g/mol. The maximum absolute atomic E-state index is 12.5. The van der Waals surface area contributed by atoms with Crippen molar-refractivity contribution in [2.45, 2.75) is 24.8 Å². The molecule has 5 heteroatoms. The number of amides is 2. The smallest absolute Gasteiger partial charge is 0.252 e. The number of hydrogen-bond acceptors (Lipinski definition) is 3. The first-order chi connectivity index (χ1) is 11.7. The third-order valence-electron chi connectivity index (χ3n) is 4.37. The largest absolute Gasteiger partial charge is 0.489 e. The van der Waals surface area contributed by atoms with Gasteiger partial charge < -0.3 is 15.4 Å². The van der Waals surface area contributed by atoms with Crippen molar-refractivity contribution in [2.24, 2.45) is 0 Å². The molecule has 2 aliphatic rings. The van der Waals surface area contributed by atoms with Gasteiger partial charge in [-0.2, -0.15) is 0 Å². The topological polar surface area (TPSA) is 67.4 Å². The SMILES string of the molecule is O=C(N[C@H]1COc2ccccc2NC1=O)c1cccc(C2CC2)c1. The van der Waals surface area contributed by atoms with Crippen molar-refractivity contribution in [2.75, 3.05) is 11.9 Å². The van der Waals surface area contributed by atoms with Crippen LogP contribution in [0.4, 0.5) is 5.69 Å². The van der Waals surface area contributed by atoms with Gasteiger partial charge >= 0.3 is 0 Å². The average Bonchev–Trinajstić information content (AvgIpc) is 3.44. The standard InChI is InChI=1S/C19H18N2O3/c22-18(14-5-3-4-13(10-14)12-8-9-12)21-16-11-24-17-7-2-1-6-15(17)20-19(16)23/h1-7,10,12,16H,8-9,11H2,(H,20,23)(H,21,22)/t16-/m0/s1. The molecule has 24 heavy (non-hydrogen) atoms. The number of nitrogens with one attached hydrogen (secondary N) is 2. The number of rotatable bonds is 3. The van der Waals surface area contributed by atoms with Crippen LogP contribution in [0.3, 0.4) is 0 Å². The third kappa shape index (κ3) is 2.97. The van der Waals surface area contributed by atoms with Gasteiger partial charge in [-0.15, -0.1) is 0 Å². The van der Waals surface area contributed by atoms with Crippen molar-refractivity contribution in [3.05, 3.63) is 59.7 Å². The normalized spacial score (nSPS) is 19.5. The van der Waals surface area contributed by atoms with Crippen LogP contribution in [0.2, 0.25) is 0 Å². The monoisotopic (exact) mass is 322 g/mol. The van der Waals surface area contributed by atoms with Crippen LogP contribution in [0.25, 0.3) is 0 Å². The molecule has 1 fully saturated rings. The summed E-state index contributed by atoms with van der Waals surface area (Å²) in [5.41, 5.74) is 2.39. The second kappa shape index (κ2) is 6.00. The molecule has 2 N–H and O–H groups in total. The van der Waals surface area contributed by atoms with Crippen molar-refractivity contribution < 1.29 is 14.3 Å². The summed E-state index contributed by atoms with van der Waals surface area (Å²) in [5, 5.41) is 5.56. The summed E-state index contributed by atoms with van der Waals surface area (Å²) < 4.78 is 5.64. The number of carbonyl (C=O) groups excluding carboxylic acids is 2. The lowest BCUT2D eigenvalue weighted by Gasteiger charge is -2.15. The molecule has 1 atom stereocenters. The van der Waals surface area contributed by atoms with Crippen LogP contribution >= 0.6 is 0 Å². The molecular formula is C19H18N2O3. The predicted octanol–water partition coefficient (Wildman–Crippen LogP) is 2.69. The Morgan fingerprint density at radius 3 is 2.79 bits per heavy atom. The molecule has 4 rings (SSSR count). The zero-order valence-electron chi connectivity index (χ0n) is 13.1. The molecule has 2 aromatic rings. The average molecular weight is 322 g/mol. The molecule has 1 aliphatic carbocycles. The van der Waals surface area contributed by atoms with Crippen LogP contribution in [0.5, 0.6) is 5.75 Å². The Morgan fingerprint density at radius 2 is 1.96 bits per heavy atom. The van der Waals surface area contributed by atoms with Crippen molar-refractivity contribution in [1.29, 1.82) is 0 Å². The lowest BCUT2D eigenvalue weighted by atomic mass is 10.1. The Kier molecular flexibility index (Phi) is 3.69. The van der Waals surface area contributed by atoms with E-state index in [0.717, 1.165) is 0 Å². The Labute approximate surface area is 140 Å². The van der Waals surface area contributed by atoms with E-state index < -0.39 is 6.04 Å². The molecule has 1 heterocycles. The van der Waals surface area contributed by atoms with E-state index in [2.05, 4.69) is 10.6 Å². The number of hydrogen-bond donors (Lipinski definition) is 2. The van der Waals surface area contributed by atoms with E-state index in [-0.39, 0.29) is 18.4 Å². The molecule has 5 nitrogen and oxygen atoms in total. The number of para-hydroxylation sites is 2. The Bertz CT molecular complexity index is 799. The third-order valence-corrected chi connectivity index (χ3v) is 4.37. The van der Waals surface area contributed by atoms with Crippen LogP contribution < -0.4 is 15.4 Å². The minimum atomic E-state index is -0.727. The van der Waals surface area contributed by atoms with Gasteiger partial charge in [0.1, 0.15) is 18.4 Å². The first-order valence-corrected chi connectivity index (χ1v) is 8.14. The Balaban J connectivity index is 1.48. The van der Waals surface area contributed by atoms with Gasteiger partial charge in [-0.3, -0.25) is 9.59 Å². The van der Waals surface area contributed by atoms with Crippen molar-refractivity contribution in [3.8, 4) is 5.75 Å². The minimum absolute atomic E-state index is 0.108. The van der Waals surface area contributed by atoms with Crippen LogP contribution in [0.1, 0.15) is 34.7 Å². The first kappa shape index (κ1) is 14.8. The summed E-state index contributed by atoms with van der Waals surface area (Å²) in [6.07, 6.45) is 2.37. The zero-order valence-corrected chi connectivity index (χ0v) is 13.1. The van der Waals surface area contributed by atoms with Crippen molar-refractivity contribution in [3.63, 3.8) is 0 Å². The molecule has 2 aromatic carbocycles. The van der Waals surface area contributed by atoms with Gasteiger partial charge in [0.15, 0.2) is 0 Å². The highest BCUT2D eigenvalue weighted by Crippen LogP contribution is 2.40. The number of carbonyl (C=O) groups is 2. The maximum atomic E-state index is 12.5. The number of ether oxygens (including phenoxy) is 1. The summed E-state index contributed by atoms with van der Waals surface area (Å²) in [5.74, 6) is 0.661. The fourth-order valence-corrected chi connectivity index (χ4v) is 2.86. The van der Waals surface area contributed by atoms with Gasteiger partial charge in [0.25, 0.3) is 11.8 Å². The highest BCUT2D eigenvalue weighted by atomic mass is 16.5. The van der Waals surface area contributed by atoms with Crippen LogP contribution in [0, 0.1) is 0 Å². The summed E-state index contributed by atoms with van der Waals surface area (Å²) in [4.78, 5) is 24.8. The second-order valence-electron chi connectivity index (χ2n) is 6.22. The van der Waals surface area contributed by atoms with E-state index in [4.69, 9.17) is 4.74 Å². The molecule has 0 unspecified atom stereocenters. The molecule has 2 amide bonds.